The number of nitrogens with two attached hydrogens (primary N) is 1. The first-order chi connectivity index (χ1) is 14.2. The van der Waals surface area contributed by atoms with Crippen LogP contribution < -0.4 is 10.5 Å². The Labute approximate surface area is 167 Å². The van der Waals surface area contributed by atoms with Crippen LogP contribution in [0, 0.1) is 0 Å². The standard InChI is InChI=1S/C21H20N6O2/c1-29-17-12-25-20-18(15-7-2-3-10-24-15)19(27-21(20)26-17)13-6-5-11-23-14(13)8-4-9-16(22)28/h2-3,5-7,10-12H,4,8-9H2,1H3,(H2,22,28)(H,26,27). The molecule has 8 nitrogen and oxygen atoms in total. The summed E-state index contributed by atoms with van der Waals surface area (Å²) in [6.45, 7) is 0. The van der Waals surface area contributed by atoms with Crippen LogP contribution in [0.4, 0.5) is 0 Å². The molecule has 4 aromatic rings. The van der Waals surface area contributed by atoms with Crippen LogP contribution in [-0.4, -0.2) is 37.9 Å². The minimum absolute atomic E-state index is 0.316. The number of rotatable bonds is 7. The van der Waals surface area contributed by atoms with E-state index in [1.807, 2.05) is 30.3 Å². The molecule has 1 amide bonds. The van der Waals surface area contributed by atoms with Gasteiger partial charge in [-0.2, -0.15) is 4.98 Å². The lowest BCUT2D eigenvalue weighted by molar-refractivity contribution is -0.118. The summed E-state index contributed by atoms with van der Waals surface area (Å²) in [6.07, 6.45) is 6.64. The first kappa shape index (κ1) is 18.5. The summed E-state index contributed by atoms with van der Waals surface area (Å²) < 4.78 is 5.22. The van der Waals surface area contributed by atoms with Crippen molar-refractivity contribution in [1.29, 1.82) is 0 Å². The fraction of sp³-hybridized carbons (Fsp3) is 0.190. The van der Waals surface area contributed by atoms with Gasteiger partial charge in [-0.3, -0.25) is 14.8 Å². The van der Waals surface area contributed by atoms with E-state index in [0.717, 1.165) is 28.2 Å². The lowest BCUT2D eigenvalue weighted by atomic mass is 10.0. The molecule has 0 atom stereocenters. The summed E-state index contributed by atoms with van der Waals surface area (Å²) in [6, 6.07) is 9.59. The maximum Gasteiger partial charge on any atom is 0.234 e. The van der Waals surface area contributed by atoms with Gasteiger partial charge in [-0.25, -0.2) is 4.98 Å². The predicted octanol–water partition coefficient (Wildman–Crippen LogP) is 2.90. The summed E-state index contributed by atoms with van der Waals surface area (Å²) in [7, 11) is 1.55. The molecule has 0 spiro atoms. The van der Waals surface area contributed by atoms with Crippen molar-refractivity contribution < 1.29 is 9.53 Å². The van der Waals surface area contributed by atoms with Crippen molar-refractivity contribution in [3.8, 4) is 28.4 Å². The van der Waals surface area contributed by atoms with Crippen molar-refractivity contribution in [1.82, 2.24) is 24.9 Å². The minimum Gasteiger partial charge on any atom is -0.480 e. The summed E-state index contributed by atoms with van der Waals surface area (Å²) in [5.41, 5.74) is 10.8. The Hall–Kier alpha value is -3.81. The zero-order valence-corrected chi connectivity index (χ0v) is 15.9. The van der Waals surface area contributed by atoms with E-state index >= 15 is 0 Å². The highest BCUT2D eigenvalue weighted by Crippen LogP contribution is 2.37. The van der Waals surface area contributed by atoms with Gasteiger partial charge in [-0.05, 0) is 37.1 Å². The van der Waals surface area contributed by atoms with Gasteiger partial charge >= 0.3 is 0 Å². The SMILES string of the molecule is COc1cnc2c(-c3ccccn3)c(-c3cccnc3CCCC(N)=O)[nH]c2n1. The van der Waals surface area contributed by atoms with Crippen molar-refractivity contribution in [2.75, 3.05) is 7.11 Å². The first-order valence-electron chi connectivity index (χ1n) is 9.24. The molecule has 0 aliphatic heterocycles. The molecule has 0 radical (unpaired) electrons. The molecular weight excluding hydrogens is 368 g/mol. The van der Waals surface area contributed by atoms with E-state index in [4.69, 9.17) is 10.5 Å². The number of nitrogens with one attached hydrogen (secondary N) is 1. The van der Waals surface area contributed by atoms with E-state index in [1.54, 1.807) is 25.7 Å². The Balaban J connectivity index is 1.89. The maximum absolute atomic E-state index is 11.1. The third-order valence-corrected chi connectivity index (χ3v) is 4.61. The molecule has 29 heavy (non-hydrogen) atoms. The number of methoxy groups -OCH3 is 1. The van der Waals surface area contributed by atoms with Gasteiger partial charge in [0.25, 0.3) is 0 Å². The minimum atomic E-state index is -0.317. The van der Waals surface area contributed by atoms with Crippen molar-refractivity contribution in [2.45, 2.75) is 19.3 Å². The number of H-pyrrole nitrogens is 1. The molecule has 4 aromatic heterocycles. The van der Waals surface area contributed by atoms with Crippen molar-refractivity contribution >= 4 is 17.1 Å². The van der Waals surface area contributed by atoms with Crippen LogP contribution in [0.15, 0.2) is 48.9 Å². The Kier molecular flexibility index (Phi) is 5.15. The molecule has 0 saturated heterocycles. The molecular formula is C21H20N6O2. The number of aryl methyl sites for hydroxylation is 1. The summed E-state index contributed by atoms with van der Waals surface area (Å²) in [5.74, 6) is 0.105. The number of carbonyl (C=O) groups is 1. The molecule has 4 heterocycles. The van der Waals surface area contributed by atoms with Crippen LogP contribution in [0.2, 0.25) is 0 Å². The molecule has 0 aliphatic carbocycles. The van der Waals surface area contributed by atoms with E-state index in [1.165, 1.54) is 0 Å². The van der Waals surface area contributed by atoms with Gasteiger partial charge in [0.1, 0.15) is 5.52 Å². The van der Waals surface area contributed by atoms with Gasteiger partial charge in [0.15, 0.2) is 5.65 Å². The molecule has 0 aromatic carbocycles. The van der Waals surface area contributed by atoms with E-state index < -0.39 is 0 Å². The third-order valence-electron chi connectivity index (χ3n) is 4.61. The fourth-order valence-electron chi connectivity index (χ4n) is 3.30. The Morgan fingerprint density at radius 3 is 2.76 bits per heavy atom. The smallest absolute Gasteiger partial charge is 0.234 e. The number of pyridine rings is 2. The highest BCUT2D eigenvalue weighted by molar-refractivity contribution is 5.99. The molecule has 0 unspecified atom stereocenters. The topological polar surface area (TPSA) is 120 Å². The Bertz CT molecular complexity index is 1160. The van der Waals surface area contributed by atoms with Crippen molar-refractivity contribution in [2.24, 2.45) is 5.73 Å². The lowest BCUT2D eigenvalue weighted by Crippen LogP contribution is -2.10. The van der Waals surface area contributed by atoms with Gasteiger partial charge in [-0.15, -0.1) is 0 Å². The van der Waals surface area contributed by atoms with E-state index in [2.05, 4.69) is 24.9 Å². The van der Waals surface area contributed by atoms with Gasteiger partial charge < -0.3 is 15.5 Å². The average molecular weight is 388 g/mol. The van der Waals surface area contributed by atoms with Crippen LogP contribution in [-0.2, 0) is 11.2 Å². The highest BCUT2D eigenvalue weighted by Gasteiger charge is 2.21. The molecule has 0 aliphatic rings. The molecule has 3 N–H and O–H groups in total. The monoisotopic (exact) mass is 388 g/mol. The number of carbonyl (C=O) groups excluding carboxylic acids is 1. The van der Waals surface area contributed by atoms with Crippen LogP contribution in [0.5, 0.6) is 5.88 Å². The van der Waals surface area contributed by atoms with Gasteiger partial charge in [0.2, 0.25) is 11.8 Å². The van der Waals surface area contributed by atoms with Crippen molar-refractivity contribution in [3.63, 3.8) is 0 Å². The van der Waals surface area contributed by atoms with E-state index in [0.29, 0.717) is 36.3 Å². The number of primary amides is 1. The Morgan fingerprint density at radius 2 is 2.00 bits per heavy atom. The predicted molar refractivity (Wildman–Crippen MR) is 109 cm³/mol. The first-order valence-corrected chi connectivity index (χ1v) is 9.24. The molecule has 4 rings (SSSR count). The average Bonchev–Trinajstić information content (AvgIpc) is 3.12. The number of ether oxygens (including phenoxy) is 1. The Morgan fingerprint density at radius 1 is 1.14 bits per heavy atom. The number of nitrogens with zero attached hydrogens (tertiary/aromatic N) is 4. The van der Waals surface area contributed by atoms with Gasteiger partial charge in [0, 0.05) is 30.1 Å². The maximum atomic E-state index is 11.1. The number of hydrogen-bond donors (Lipinski definition) is 2. The van der Waals surface area contributed by atoms with Gasteiger partial charge in [0.05, 0.1) is 30.3 Å². The number of amides is 1. The summed E-state index contributed by atoms with van der Waals surface area (Å²) in [4.78, 5) is 32.6. The number of aromatic nitrogens is 5. The van der Waals surface area contributed by atoms with Crippen LogP contribution in [0.1, 0.15) is 18.5 Å². The van der Waals surface area contributed by atoms with E-state index in [-0.39, 0.29) is 5.91 Å². The molecule has 8 heteroatoms. The molecule has 0 bridgehead atoms. The largest absolute Gasteiger partial charge is 0.480 e. The van der Waals surface area contributed by atoms with Crippen molar-refractivity contribution in [3.05, 3.63) is 54.6 Å². The van der Waals surface area contributed by atoms with Gasteiger partial charge in [-0.1, -0.05) is 6.07 Å². The molecule has 0 saturated carbocycles. The summed E-state index contributed by atoms with van der Waals surface area (Å²) >= 11 is 0. The molecule has 146 valence electrons. The summed E-state index contributed by atoms with van der Waals surface area (Å²) in [5, 5.41) is 0. The molecule has 0 fully saturated rings. The third kappa shape index (κ3) is 3.77. The second-order valence-corrected chi connectivity index (χ2v) is 6.52. The normalized spacial score (nSPS) is 10.9. The van der Waals surface area contributed by atoms with Crippen LogP contribution in [0.25, 0.3) is 33.7 Å². The zero-order chi connectivity index (χ0) is 20.2. The highest BCUT2D eigenvalue weighted by atomic mass is 16.5. The fourth-order valence-corrected chi connectivity index (χ4v) is 3.30. The number of hydrogen-bond acceptors (Lipinski definition) is 6. The number of fused-ring (bicyclic) bond motifs is 1. The van der Waals surface area contributed by atoms with E-state index in [9.17, 15) is 4.79 Å². The van der Waals surface area contributed by atoms with Crippen LogP contribution >= 0.6 is 0 Å². The lowest BCUT2D eigenvalue weighted by Gasteiger charge is -2.09. The second kappa shape index (κ2) is 8.05. The quantitative estimate of drug-likeness (QED) is 0.502. The zero-order valence-electron chi connectivity index (χ0n) is 15.9. The second-order valence-electron chi connectivity index (χ2n) is 6.52. The number of aromatic amines is 1. The van der Waals surface area contributed by atoms with Crippen LogP contribution in [0.3, 0.4) is 0 Å².